The van der Waals surface area contributed by atoms with Crippen LogP contribution in [0.25, 0.3) is 0 Å². The fraction of sp³-hybridized carbons (Fsp3) is 0.471. The van der Waals surface area contributed by atoms with Gasteiger partial charge in [0.25, 0.3) is 5.91 Å². The van der Waals surface area contributed by atoms with Crippen molar-refractivity contribution in [3.8, 4) is 0 Å². The predicted octanol–water partition coefficient (Wildman–Crippen LogP) is 1.64. The van der Waals surface area contributed by atoms with Crippen LogP contribution in [0.5, 0.6) is 0 Å². The van der Waals surface area contributed by atoms with Crippen molar-refractivity contribution in [2.24, 2.45) is 11.7 Å². The number of likely N-dealkylation sites (tertiary alicyclic amines) is 1. The lowest BCUT2D eigenvalue weighted by molar-refractivity contribution is -0.141. The Morgan fingerprint density at radius 1 is 1.04 bits per heavy atom. The van der Waals surface area contributed by atoms with Gasteiger partial charge in [0.2, 0.25) is 5.91 Å². The van der Waals surface area contributed by atoms with Crippen LogP contribution in [0.4, 0.5) is 0 Å². The molecule has 1 saturated carbocycles. The summed E-state index contributed by atoms with van der Waals surface area (Å²) in [6, 6.07) is 5.33. The zero-order chi connectivity index (χ0) is 16.6. The van der Waals surface area contributed by atoms with Gasteiger partial charge in [0.1, 0.15) is 6.04 Å². The molecule has 2 amide bonds. The van der Waals surface area contributed by atoms with Crippen LogP contribution in [-0.4, -0.2) is 39.9 Å². The molecule has 0 radical (unpaired) electrons. The summed E-state index contributed by atoms with van der Waals surface area (Å²) in [5.41, 5.74) is 5.92. The fourth-order valence-corrected chi connectivity index (χ4v) is 3.90. The van der Waals surface area contributed by atoms with E-state index in [0.29, 0.717) is 17.5 Å². The molecule has 1 heterocycles. The van der Waals surface area contributed by atoms with Crippen molar-refractivity contribution in [2.45, 2.75) is 44.2 Å². The Hall–Kier alpha value is -2.37. The number of primary amides is 1. The first-order chi connectivity index (χ1) is 11.0. The minimum absolute atomic E-state index is 0.00756. The summed E-state index contributed by atoms with van der Waals surface area (Å²) in [6.07, 6.45) is 4.50. The molecule has 0 unspecified atom stereocenters. The van der Waals surface area contributed by atoms with Crippen molar-refractivity contribution in [3.05, 3.63) is 35.4 Å². The van der Waals surface area contributed by atoms with Crippen molar-refractivity contribution in [1.82, 2.24) is 4.90 Å². The van der Waals surface area contributed by atoms with E-state index < -0.39 is 17.9 Å². The third kappa shape index (κ3) is 2.81. The van der Waals surface area contributed by atoms with Crippen LogP contribution in [0.1, 0.15) is 52.8 Å². The normalized spacial score (nSPS) is 26.6. The Morgan fingerprint density at radius 3 is 2.26 bits per heavy atom. The van der Waals surface area contributed by atoms with E-state index in [9.17, 15) is 19.5 Å². The fourth-order valence-electron chi connectivity index (χ4n) is 3.90. The lowest BCUT2D eigenvalue weighted by atomic mass is 9.84. The Bertz CT molecular complexity index is 640. The highest BCUT2D eigenvalue weighted by molar-refractivity contribution is 5.99. The number of rotatable bonds is 3. The smallest absolute Gasteiger partial charge is 0.326 e. The van der Waals surface area contributed by atoms with Gasteiger partial charge in [0.15, 0.2) is 0 Å². The van der Waals surface area contributed by atoms with Crippen molar-refractivity contribution < 1.29 is 19.5 Å². The Morgan fingerprint density at radius 2 is 1.65 bits per heavy atom. The number of carboxylic acid groups (broad SMARTS) is 1. The van der Waals surface area contributed by atoms with Gasteiger partial charge in [-0.05, 0) is 49.4 Å². The maximum absolute atomic E-state index is 12.8. The molecule has 1 aliphatic heterocycles. The lowest BCUT2D eigenvalue weighted by Crippen LogP contribution is -2.46. The first kappa shape index (κ1) is 15.5. The summed E-state index contributed by atoms with van der Waals surface area (Å²) in [4.78, 5) is 37.1. The van der Waals surface area contributed by atoms with E-state index in [1.54, 1.807) is 4.90 Å². The summed E-state index contributed by atoms with van der Waals surface area (Å²) >= 11 is 0. The molecule has 3 N–H and O–H groups in total. The molecule has 2 aliphatic rings. The van der Waals surface area contributed by atoms with Gasteiger partial charge in [-0.3, -0.25) is 9.59 Å². The van der Waals surface area contributed by atoms with Crippen molar-refractivity contribution in [1.29, 1.82) is 0 Å². The minimum Gasteiger partial charge on any atom is -0.480 e. The number of fused-ring (bicyclic) bond motifs is 1. The van der Waals surface area contributed by atoms with Gasteiger partial charge >= 0.3 is 5.97 Å². The van der Waals surface area contributed by atoms with E-state index >= 15 is 0 Å². The van der Waals surface area contributed by atoms with Crippen molar-refractivity contribution in [3.63, 3.8) is 0 Å². The van der Waals surface area contributed by atoms with Crippen LogP contribution in [0.2, 0.25) is 0 Å². The average molecular weight is 316 g/mol. The number of benzene rings is 1. The molecular weight excluding hydrogens is 296 g/mol. The summed E-state index contributed by atoms with van der Waals surface area (Å²) < 4.78 is 0. The third-order valence-corrected chi connectivity index (χ3v) is 5.02. The van der Waals surface area contributed by atoms with Gasteiger partial charge in [0, 0.05) is 17.2 Å². The average Bonchev–Trinajstić information content (AvgIpc) is 2.94. The molecule has 3 atom stereocenters. The van der Waals surface area contributed by atoms with E-state index in [-0.39, 0.29) is 17.9 Å². The molecule has 1 aromatic rings. The molecule has 3 rings (SSSR count). The molecule has 6 nitrogen and oxygen atoms in total. The molecule has 122 valence electrons. The van der Waals surface area contributed by atoms with E-state index in [1.807, 2.05) is 0 Å². The van der Waals surface area contributed by atoms with Crippen LogP contribution in [-0.2, 0) is 4.79 Å². The molecular formula is C17H20N2O4. The quantitative estimate of drug-likeness (QED) is 0.885. The SMILES string of the molecule is NC(=O)c1ccc(C(=O)N2[C@H](C(=O)O)C[C@H]3CCCC[C@@H]32)cc1. The predicted molar refractivity (Wildman–Crippen MR) is 82.9 cm³/mol. The van der Waals surface area contributed by atoms with E-state index in [4.69, 9.17) is 5.73 Å². The van der Waals surface area contributed by atoms with Crippen LogP contribution >= 0.6 is 0 Å². The molecule has 0 spiro atoms. The Kier molecular flexibility index (Phi) is 4.07. The van der Waals surface area contributed by atoms with Crippen molar-refractivity contribution in [2.75, 3.05) is 0 Å². The molecule has 23 heavy (non-hydrogen) atoms. The monoisotopic (exact) mass is 316 g/mol. The number of carboxylic acids is 1. The van der Waals surface area contributed by atoms with Gasteiger partial charge in [0.05, 0.1) is 0 Å². The number of nitrogens with two attached hydrogens (primary N) is 1. The van der Waals surface area contributed by atoms with E-state index in [0.717, 1.165) is 25.7 Å². The minimum atomic E-state index is -0.943. The van der Waals surface area contributed by atoms with E-state index in [2.05, 4.69) is 0 Å². The second kappa shape index (κ2) is 6.02. The first-order valence-electron chi connectivity index (χ1n) is 7.94. The highest BCUT2D eigenvalue weighted by Gasteiger charge is 2.47. The van der Waals surface area contributed by atoms with Crippen LogP contribution in [0, 0.1) is 5.92 Å². The summed E-state index contributed by atoms with van der Waals surface area (Å²) in [6.45, 7) is 0. The number of nitrogens with zero attached hydrogens (tertiary/aromatic N) is 1. The number of aliphatic carboxylic acids is 1. The van der Waals surface area contributed by atoms with Gasteiger partial charge in [-0.25, -0.2) is 4.79 Å². The molecule has 0 aromatic heterocycles. The van der Waals surface area contributed by atoms with Gasteiger partial charge in [-0.2, -0.15) is 0 Å². The summed E-state index contributed by atoms with van der Waals surface area (Å²) in [5, 5.41) is 9.49. The second-order valence-corrected chi connectivity index (χ2v) is 6.36. The molecule has 0 bridgehead atoms. The summed E-state index contributed by atoms with van der Waals surface area (Å²) in [7, 11) is 0. The standard InChI is InChI=1S/C17H20N2O4/c18-15(20)10-5-7-11(8-6-10)16(21)19-13-4-2-1-3-12(13)9-14(19)17(22)23/h5-8,12-14H,1-4,9H2,(H2,18,20)(H,22,23)/t12-,13+,14+/m1/s1. The van der Waals surface area contributed by atoms with Crippen LogP contribution in [0.3, 0.4) is 0 Å². The van der Waals surface area contributed by atoms with Gasteiger partial charge < -0.3 is 15.7 Å². The Labute approximate surface area is 134 Å². The van der Waals surface area contributed by atoms with Crippen LogP contribution < -0.4 is 5.73 Å². The number of carbonyl (C=O) groups excluding carboxylic acids is 2. The van der Waals surface area contributed by atoms with Gasteiger partial charge in [-0.1, -0.05) is 12.8 Å². The zero-order valence-corrected chi connectivity index (χ0v) is 12.8. The molecule has 1 aromatic carbocycles. The lowest BCUT2D eigenvalue weighted by Gasteiger charge is -2.33. The number of amides is 2. The molecule has 1 saturated heterocycles. The molecule has 6 heteroatoms. The van der Waals surface area contributed by atoms with Crippen LogP contribution in [0.15, 0.2) is 24.3 Å². The summed E-state index contributed by atoms with van der Waals surface area (Å²) in [5.74, 6) is -1.50. The van der Waals surface area contributed by atoms with Gasteiger partial charge in [-0.15, -0.1) is 0 Å². The third-order valence-electron chi connectivity index (χ3n) is 5.02. The number of carbonyl (C=O) groups is 3. The molecule has 1 aliphatic carbocycles. The topological polar surface area (TPSA) is 101 Å². The highest BCUT2D eigenvalue weighted by atomic mass is 16.4. The zero-order valence-electron chi connectivity index (χ0n) is 12.8. The second-order valence-electron chi connectivity index (χ2n) is 6.36. The van der Waals surface area contributed by atoms with E-state index in [1.165, 1.54) is 24.3 Å². The first-order valence-corrected chi connectivity index (χ1v) is 7.94. The largest absolute Gasteiger partial charge is 0.480 e. The number of hydrogen-bond donors (Lipinski definition) is 2. The maximum atomic E-state index is 12.8. The maximum Gasteiger partial charge on any atom is 0.326 e. The highest BCUT2D eigenvalue weighted by Crippen LogP contribution is 2.40. The molecule has 2 fully saturated rings. The Balaban J connectivity index is 1.88. The van der Waals surface area contributed by atoms with Crippen molar-refractivity contribution >= 4 is 17.8 Å². The number of hydrogen-bond acceptors (Lipinski definition) is 3.